The molecule has 4 heteroatoms. The highest BCUT2D eigenvalue weighted by Crippen LogP contribution is 2.31. The minimum atomic E-state index is -0.235. The van der Waals surface area contributed by atoms with Crippen molar-refractivity contribution in [2.45, 2.75) is 20.4 Å². The number of hydrogen-bond donors (Lipinski definition) is 1. The van der Waals surface area contributed by atoms with Gasteiger partial charge in [-0.15, -0.1) is 0 Å². The summed E-state index contributed by atoms with van der Waals surface area (Å²) in [5.74, 6) is 0.812. The highest BCUT2D eigenvalue weighted by molar-refractivity contribution is 6.10. The Labute approximate surface area is 139 Å². The van der Waals surface area contributed by atoms with E-state index in [0.29, 0.717) is 5.76 Å². The van der Waals surface area contributed by atoms with Gasteiger partial charge in [0.1, 0.15) is 5.76 Å². The van der Waals surface area contributed by atoms with E-state index in [2.05, 4.69) is 41.1 Å². The van der Waals surface area contributed by atoms with Crippen molar-refractivity contribution in [3.05, 3.63) is 66.1 Å². The molecule has 120 valence electrons. The Morgan fingerprint density at radius 2 is 1.83 bits per heavy atom. The van der Waals surface area contributed by atoms with E-state index >= 15 is 0 Å². The van der Waals surface area contributed by atoms with Gasteiger partial charge in [0.05, 0.1) is 0 Å². The number of rotatable bonds is 3. The van der Waals surface area contributed by atoms with Crippen LogP contribution in [0.1, 0.15) is 23.2 Å². The number of para-hydroxylation sites is 1. The Morgan fingerprint density at radius 1 is 1.04 bits per heavy atom. The van der Waals surface area contributed by atoms with Gasteiger partial charge in [-0.1, -0.05) is 18.2 Å². The van der Waals surface area contributed by atoms with Gasteiger partial charge in [-0.3, -0.25) is 4.79 Å². The van der Waals surface area contributed by atoms with Gasteiger partial charge < -0.3 is 14.3 Å². The maximum atomic E-state index is 12.3. The normalized spacial score (nSPS) is 11.2. The quantitative estimate of drug-likeness (QED) is 0.580. The molecule has 24 heavy (non-hydrogen) atoms. The van der Waals surface area contributed by atoms with Crippen LogP contribution in [0.25, 0.3) is 21.8 Å². The van der Waals surface area contributed by atoms with E-state index in [1.807, 2.05) is 25.1 Å². The van der Waals surface area contributed by atoms with Gasteiger partial charge in [0.2, 0.25) is 0 Å². The van der Waals surface area contributed by atoms with E-state index < -0.39 is 0 Å². The van der Waals surface area contributed by atoms with Crippen molar-refractivity contribution in [3.8, 4) is 0 Å². The first-order valence-corrected chi connectivity index (χ1v) is 8.06. The average molecular weight is 318 g/mol. The molecule has 0 atom stereocenters. The molecule has 0 saturated carbocycles. The Bertz CT molecular complexity index is 1060. The summed E-state index contributed by atoms with van der Waals surface area (Å²) >= 11 is 0. The van der Waals surface area contributed by atoms with Crippen LogP contribution in [0.4, 0.5) is 5.69 Å². The van der Waals surface area contributed by atoms with Crippen molar-refractivity contribution in [1.29, 1.82) is 0 Å². The molecule has 4 aromatic rings. The van der Waals surface area contributed by atoms with Gasteiger partial charge in [-0.25, -0.2) is 0 Å². The van der Waals surface area contributed by atoms with Crippen LogP contribution in [0.2, 0.25) is 0 Å². The van der Waals surface area contributed by atoms with Crippen LogP contribution in [0.3, 0.4) is 0 Å². The van der Waals surface area contributed by atoms with E-state index in [4.69, 9.17) is 4.42 Å². The summed E-state index contributed by atoms with van der Waals surface area (Å²) in [5, 5.41) is 5.25. The van der Waals surface area contributed by atoms with Crippen LogP contribution in [0.15, 0.2) is 59.0 Å². The van der Waals surface area contributed by atoms with E-state index in [0.717, 1.165) is 23.4 Å². The van der Waals surface area contributed by atoms with Crippen LogP contribution >= 0.6 is 0 Å². The second-order valence-electron chi connectivity index (χ2n) is 5.86. The zero-order chi connectivity index (χ0) is 16.7. The fourth-order valence-corrected chi connectivity index (χ4v) is 3.22. The van der Waals surface area contributed by atoms with E-state index in [1.54, 1.807) is 12.1 Å². The number of carbonyl (C=O) groups excluding carboxylic acids is 1. The largest absolute Gasteiger partial charge is 0.456 e. The van der Waals surface area contributed by atoms with Crippen molar-refractivity contribution in [3.63, 3.8) is 0 Å². The lowest BCUT2D eigenvalue weighted by molar-refractivity contribution is 0.0995. The highest BCUT2D eigenvalue weighted by Gasteiger charge is 2.13. The topological polar surface area (TPSA) is 47.2 Å². The first-order valence-electron chi connectivity index (χ1n) is 8.06. The summed E-state index contributed by atoms with van der Waals surface area (Å²) in [6, 6.07) is 17.8. The van der Waals surface area contributed by atoms with Gasteiger partial charge in [0.15, 0.2) is 5.76 Å². The molecule has 0 aliphatic rings. The molecule has 1 N–H and O–H groups in total. The number of aromatic nitrogens is 1. The second-order valence-corrected chi connectivity index (χ2v) is 5.86. The van der Waals surface area contributed by atoms with Crippen LogP contribution in [-0.2, 0) is 6.54 Å². The molecule has 1 amide bonds. The van der Waals surface area contributed by atoms with Crippen molar-refractivity contribution < 1.29 is 9.21 Å². The van der Waals surface area contributed by atoms with Crippen LogP contribution in [0, 0.1) is 6.92 Å². The molecule has 0 radical (unpaired) electrons. The van der Waals surface area contributed by atoms with Crippen molar-refractivity contribution in [1.82, 2.24) is 4.57 Å². The Balaban J connectivity index is 1.78. The monoisotopic (exact) mass is 318 g/mol. The van der Waals surface area contributed by atoms with Crippen LogP contribution in [-0.4, -0.2) is 10.5 Å². The van der Waals surface area contributed by atoms with Crippen molar-refractivity contribution in [2.75, 3.05) is 5.32 Å². The minimum Gasteiger partial charge on any atom is -0.456 e. The first kappa shape index (κ1) is 14.6. The number of fused-ring (bicyclic) bond motifs is 3. The average Bonchev–Trinajstić information content (AvgIpc) is 3.16. The van der Waals surface area contributed by atoms with Crippen LogP contribution in [0.5, 0.6) is 0 Å². The molecule has 2 aromatic carbocycles. The fraction of sp³-hybridized carbons (Fsp3) is 0.150. The van der Waals surface area contributed by atoms with Crippen molar-refractivity contribution >= 4 is 33.4 Å². The third-order valence-electron chi connectivity index (χ3n) is 4.31. The molecule has 4 nitrogen and oxygen atoms in total. The van der Waals surface area contributed by atoms with Gasteiger partial charge in [-0.2, -0.15) is 0 Å². The minimum absolute atomic E-state index is 0.235. The molecule has 0 aliphatic heterocycles. The number of anilines is 1. The molecule has 0 unspecified atom stereocenters. The SMILES string of the molecule is CCn1c2ccccc2c2cc(NC(=O)c3ccc(C)o3)ccc21. The Kier molecular flexibility index (Phi) is 3.38. The number of amides is 1. The summed E-state index contributed by atoms with van der Waals surface area (Å²) in [4.78, 5) is 12.3. The molecule has 0 saturated heterocycles. The van der Waals surface area contributed by atoms with Gasteiger partial charge in [0, 0.05) is 34.0 Å². The molecule has 0 aliphatic carbocycles. The van der Waals surface area contributed by atoms with E-state index in [1.165, 1.54) is 16.4 Å². The van der Waals surface area contributed by atoms with E-state index in [-0.39, 0.29) is 5.91 Å². The molecule has 4 rings (SSSR count). The molecular formula is C20H18N2O2. The zero-order valence-electron chi connectivity index (χ0n) is 13.7. The van der Waals surface area contributed by atoms with E-state index in [9.17, 15) is 4.79 Å². The van der Waals surface area contributed by atoms with Gasteiger partial charge in [-0.05, 0) is 50.2 Å². The summed E-state index contributed by atoms with van der Waals surface area (Å²) in [6.45, 7) is 4.87. The smallest absolute Gasteiger partial charge is 0.291 e. The number of carbonyl (C=O) groups is 1. The third kappa shape index (κ3) is 2.27. The predicted molar refractivity (Wildman–Crippen MR) is 96.5 cm³/mol. The Morgan fingerprint density at radius 3 is 2.58 bits per heavy atom. The molecule has 0 spiro atoms. The number of nitrogens with one attached hydrogen (secondary N) is 1. The molecule has 2 heterocycles. The lowest BCUT2D eigenvalue weighted by atomic mass is 10.1. The highest BCUT2D eigenvalue weighted by atomic mass is 16.3. The maximum Gasteiger partial charge on any atom is 0.291 e. The fourth-order valence-electron chi connectivity index (χ4n) is 3.22. The molecule has 2 aromatic heterocycles. The third-order valence-corrected chi connectivity index (χ3v) is 4.31. The zero-order valence-corrected chi connectivity index (χ0v) is 13.7. The molecule has 0 fully saturated rings. The van der Waals surface area contributed by atoms with Gasteiger partial charge in [0.25, 0.3) is 5.91 Å². The van der Waals surface area contributed by atoms with Crippen molar-refractivity contribution in [2.24, 2.45) is 0 Å². The lowest BCUT2D eigenvalue weighted by Gasteiger charge is -2.05. The predicted octanol–water partition coefficient (Wildman–Crippen LogP) is 4.97. The maximum absolute atomic E-state index is 12.3. The first-order chi connectivity index (χ1) is 11.7. The number of aryl methyl sites for hydroxylation is 2. The second kappa shape index (κ2) is 5.57. The number of furan rings is 1. The number of nitrogens with zero attached hydrogens (tertiary/aromatic N) is 1. The number of hydrogen-bond acceptors (Lipinski definition) is 2. The summed E-state index contributed by atoms with van der Waals surface area (Å²) in [7, 11) is 0. The summed E-state index contributed by atoms with van der Waals surface area (Å²) in [6.07, 6.45) is 0. The standard InChI is InChI=1S/C20H18N2O2/c1-3-22-17-7-5-4-6-15(17)16-12-14(9-10-18(16)22)21-20(23)19-11-8-13(2)24-19/h4-12H,3H2,1-2H3,(H,21,23). The van der Waals surface area contributed by atoms with Gasteiger partial charge >= 0.3 is 0 Å². The van der Waals surface area contributed by atoms with Crippen LogP contribution < -0.4 is 5.32 Å². The Hall–Kier alpha value is -3.01. The summed E-state index contributed by atoms with van der Waals surface area (Å²) < 4.78 is 7.66. The molecule has 0 bridgehead atoms. The number of benzene rings is 2. The molecular weight excluding hydrogens is 300 g/mol. The summed E-state index contributed by atoms with van der Waals surface area (Å²) in [5.41, 5.74) is 3.14. The lowest BCUT2D eigenvalue weighted by Crippen LogP contribution is -2.10.